The number of hydrogen-bond acceptors (Lipinski definition) is 5. The van der Waals surface area contributed by atoms with Crippen molar-refractivity contribution in [2.24, 2.45) is 5.92 Å². The average Bonchev–Trinajstić information content (AvgIpc) is 3.07. The van der Waals surface area contributed by atoms with Crippen molar-refractivity contribution in [3.8, 4) is 0 Å². The quantitative estimate of drug-likeness (QED) is 0.751. The van der Waals surface area contributed by atoms with Crippen LogP contribution in [0.1, 0.15) is 35.5 Å². The van der Waals surface area contributed by atoms with Crippen LogP contribution in [0.5, 0.6) is 0 Å². The SMILES string of the molecule is Cc1cc2occ(CC(=O)Nc3nnc(CC(C)C)s3)c2cc1C. The van der Waals surface area contributed by atoms with E-state index in [4.69, 9.17) is 4.42 Å². The number of carbonyl (C=O) groups excluding carboxylic acids is 1. The molecule has 126 valence electrons. The third kappa shape index (κ3) is 3.64. The van der Waals surface area contributed by atoms with Crippen LogP contribution in [-0.2, 0) is 17.6 Å². The van der Waals surface area contributed by atoms with Crippen molar-refractivity contribution in [2.75, 3.05) is 5.32 Å². The summed E-state index contributed by atoms with van der Waals surface area (Å²) in [6.45, 7) is 8.37. The summed E-state index contributed by atoms with van der Waals surface area (Å²) in [5.74, 6) is 0.411. The first-order valence-electron chi connectivity index (χ1n) is 8.02. The van der Waals surface area contributed by atoms with E-state index in [1.165, 1.54) is 22.5 Å². The van der Waals surface area contributed by atoms with Crippen LogP contribution >= 0.6 is 11.3 Å². The van der Waals surface area contributed by atoms with E-state index in [1.807, 2.05) is 13.0 Å². The van der Waals surface area contributed by atoms with E-state index in [2.05, 4.69) is 42.4 Å². The number of aromatic nitrogens is 2. The number of anilines is 1. The van der Waals surface area contributed by atoms with Gasteiger partial charge in [0.2, 0.25) is 11.0 Å². The standard InChI is InChI=1S/C18H21N3O2S/c1-10(2)5-17-20-21-18(24-17)19-16(22)8-13-9-23-15-7-12(4)11(3)6-14(13)15/h6-7,9-10H,5,8H2,1-4H3,(H,19,21,22). The van der Waals surface area contributed by atoms with E-state index in [1.54, 1.807) is 6.26 Å². The number of fused-ring (bicyclic) bond motifs is 1. The molecule has 2 heterocycles. The van der Waals surface area contributed by atoms with Crippen molar-refractivity contribution < 1.29 is 9.21 Å². The van der Waals surface area contributed by atoms with Crippen molar-refractivity contribution in [1.29, 1.82) is 0 Å². The molecule has 0 aliphatic rings. The monoisotopic (exact) mass is 343 g/mol. The Kier molecular flexibility index (Phi) is 4.66. The summed E-state index contributed by atoms with van der Waals surface area (Å²) < 4.78 is 5.58. The molecule has 6 heteroatoms. The van der Waals surface area contributed by atoms with E-state index in [0.29, 0.717) is 11.0 Å². The molecule has 0 saturated heterocycles. The van der Waals surface area contributed by atoms with Crippen molar-refractivity contribution in [2.45, 2.75) is 40.5 Å². The first-order valence-corrected chi connectivity index (χ1v) is 8.83. The van der Waals surface area contributed by atoms with E-state index in [9.17, 15) is 4.79 Å². The summed E-state index contributed by atoms with van der Waals surface area (Å²) in [4.78, 5) is 12.3. The van der Waals surface area contributed by atoms with Crippen LogP contribution in [0.15, 0.2) is 22.8 Å². The molecule has 0 aliphatic heterocycles. The molecule has 1 N–H and O–H groups in total. The minimum Gasteiger partial charge on any atom is -0.464 e. The Balaban J connectivity index is 1.71. The van der Waals surface area contributed by atoms with Gasteiger partial charge in [-0.2, -0.15) is 0 Å². The fourth-order valence-electron chi connectivity index (χ4n) is 2.55. The summed E-state index contributed by atoms with van der Waals surface area (Å²) in [7, 11) is 0. The summed E-state index contributed by atoms with van der Waals surface area (Å²) >= 11 is 1.43. The molecule has 0 spiro atoms. The highest BCUT2D eigenvalue weighted by molar-refractivity contribution is 7.15. The van der Waals surface area contributed by atoms with Gasteiger partial charge >= 0.3 is 0 Å². The third-order valence-electron chi connectivity index (χ3n) is 3.92. The molecule has 2 aromatic heterocycles. The molecular formula is C18H21N3O2S. The van der Waals surface area contributed by atoms with E-state index < -0.39 is 0 Å². The molecule has 0 atom stereocenters. The maximum Gasteiger partial charge on any atom is 0.230 e. The zero-order valence-corrected chi connectivity index (χ0v) is 15.2. The van der Waals surface area contributed by atoms with Gasteiger partial charge in [-0.25, -0.2) is 0 Å². The number of aryl methyl sites for hydroxylation is 2. The Morgan fingerprint density at radius 1 is 1.25 bits per heavy atom. The normalized spacial score (nSPS) is 11.4. The van der Waals surface area contributed by atoms with Gasteiger partial charge in [0, 0.05) is 17.4 Å². The molecule has 0 saturated carbocycles. The molecule has 0 radical (unpaired) electrons. The molecule has 0 aliphatic carbocycles. The number of benzene rings is 1. The molecule has 3 rings (SSSR count). The maximum absolute atomic E-state index is 12.3. The number of nitrogens with zero attached hydrogens (tertiary/aromatic N) is 2. The topological polar surface area (TPSA) is 68.0 Å². The zero-order valence-electron chi connectivity index (χ0n) is 14.3. The number of amides is 1. The van der Waals surface area contributed by atoms with Crippen LogP contribution in [0.3, 0.4) is 0 Å². The van der Waals surface area contributed by atoms with Gasteiger partial charge in [0.1, 0.15) is 10.6 Å². The lowest BCUT2D eigenvalue weighted by atomic mass is 10.0. The highest BCUT2D eigenvalue weighted by Gasteiger charge is 2.14. The van der Waals surface area contributed by atoms with Crippen molar-refractivity contribution in [3.05, 3.63) is 40.1 Å². The predicted octanol–water partition coefficient (Wildman–Crippen LogP) is 4.28. The Morgan fingerprint density at radius 3 is 2.75 bits per heavy atom. The zero-order chi connectivity index (χ0) is 17.3. The summed E-state index contributed by atoms with van der Waals surface area (Å²) in [6.07, 6.45) is 2.79. The minimum absolute atomic E-state index is 0.108. The Bertz CT molecular complexity index is 880. The summed E-state index contributed by atoms with van der Waals surface area (Å²) in [5, 5.41) is 13.5. The van der Waals surface area contributed by atoms with Crippen molar-refractivity contribution in [3.63, 3.8) is 0 Å². The van der Waals surface area contributed by atoms with Crippen LogP contribution < -0.4 is 5.32 Å². The number of carbonyl (C=O) groups is 1. The second kappa shape index (κ2) is 6.73. The van der Waals surface area contributed by atoms with Crippen LogP contribution in [-0.4, -0.2) is 16.1 Å². The van der Waals surface area contributed by atoms with Gasteiger partial charge in [-0.3, -0.25) is 4.79 Å². The minimum atomic E-state index is -0.108. The Hall–Kier alpha value is -2.21. The fourth-order valence-corrected chi connectivity index (χ4v) is 3.51. The molecule has 1 amide bonds. The van der Waals surface area contributed by atoms with Crippen molar-refractivity contribution in [1.82, 2.24) is 10.2 Å². The summed E-state index contributed by atoms with van der Waals surface area (Å²) in [6, 6.07) is 4.08. The number of hydrogen-bond donors (Lipinski definition) is 1. The molecule has 3 aromatic rings. The Morgan fingerprint density at radius 2 is 2.00 bits per heavy atom. The van der Waals surface area contributed by atoms with Crippen LogP contribution in [0, 0.1) is 19.8 Å². The lowest BCUT2D eigenvalue weighted by Crippen LogP contribution is -2.14. The van der Waals surface area contributed by atoms with E-state index in [0.717, 1.165) is 28.0 Å². The fraction of sp³-hybridized carbons (Fsp3) is 0.389. The van der Waals surface area contributed by atoms with Gasteiger partial charge in [-0.15, -0.1) is 10.2 Å². The Labute approximate surface area is 145 Å². The van der Waals surface area contributed by atoms with Crippen LogP contribution in [0.2, 0.25) is 0 Å². The molecule has 24 heavy (non-hydrogen) atoms. The molecule has 5 nitrogen and oxygen atoms in total. The average molecular weight is 343 g/mol. The molecule has 0 unspecified atom stereocenters. The maximum atomic E-state index is 12.3. The number of rotatable bonds is 5. The third-order valence-corrected chi connectivity index (χ3v) is 4.78. The van der Waals surface area contributed by atoms with Gasteiger partial charge in [0.15, 0.2) is 0 Å². The van der Waals surface area contributed by atoms with Crippen LogP contribution in [0.25, 0.3) is 11.0 Å². The lowest BCUT2D eigenvalue weighted by Gasteiger charge is -2.02. The molecular weight excluding hydrogens is 322 g/mol. The van der Waals surface area contributed by atoms with E-state index in [-0.39, 0.29) is 12.3 Å². The number of furan rings is 1. The van der Waals surface area contributed by atoms with Gasteiger partial charge < -0.3 is 9.73 Å². The van der Waals surface area contributed by atoms with E-state index >= 15 is 0 Å². The van der Waals surface area contributed by atoms with Crippen molar-refractivity contribution >= 4 is 33.3 Å². The lowest BCUT2D eigenvalue weighted by molar-refractivity contribution is -0.115. The first kappa shape index (κ1) is 16.6. The molecule has 0 fully saturated rings. The molecule has 1 aromatic carbocycles. The smallest absolute Gasteiger partial charge is 0.230 e. The van der Waals surface area contributed by atoms with Gasteiger partial charge in [-0.05, 0) is 43.0 Å². The van der Waals surface area contributed by atoms with Gasteiger partial charge in [0.05, 0.1) is 12.7 Å². The number of nitrogens with one attached hydrogen (secondary N) is 1. The van der Waals surface area contributed by atoms with Gasteiger partial charge in [0.25, 0.3) is 0 Å². The summed E-state index contributed by atoms with van der Waals surface area (Å²) in [5.41, 5.74) is 4.07. The van der Waals surface area contributed by atoms with Crippen LogP contribution in [0.4, 0.5) is 5.13 Å². The molecule has 0 bridgehead atoms. The highest BCUT2D eigenvalue weighted by atomic mass is 32.1. The highest BCUT2D eigenvalue weighted by Crippen LogP contribution is 2.25. The first-order chi connectivity index (χ1) is 11.4. The second-order valence-electron chi connectivity index (χ2n) is 6.52. The van der Waals surface area contributed by atoms with Gasteiger partial charge in [-0.1, -0.05) is 25.2 Å². The second-order valence-corrected chi connectivity index (χ2v) is 7.58. The predicted molar refractivity (Wildman–Crippen MR) is 96.5 cm³/mol. The largest absolute Gasteiger partial charge is 0.464 e.